The molecule has 184 valence electrons. The normalized spacial score (nSPS) is 15.2. The quantitative estimate of drug-likeness (QED) is 0.343. The van der Waals surface area contributed by atoms with E-state index in [0.29, 0.717) is 32.6 Å². The number of ketones is 1. The maximum atomic E-state index is 13.9. The maximum absolute atomic E-state index is 13.9. The number of thiazole rings is 1. The molecule has 4 aromatic rings. The van der Waals surface area contributed by atoms with Gasteiger partial charge in [0.2, 0.25) is 11.7 Å². The van der Waals surface area contributed by atoms with Crippen LogP contribution >= 0.6 is 11.3 Å². The van der Waals surface area contributed by atoms with Crippen LogP contribution in [0.1, 0.15) is 34.0 Å². The number of hydrogen-bond acceptors (Lipinski definition) is 7. The summed E-state index contributed by atoms with van der Waals surface area (Å²) in [6.07, 6.45) is 1.57. The number of nitrogens with one attached hydrogen (secondary N) is 1. The van der Waals surface area contributed by atoms with E-state index < -0.39 is 23.5 Å². The number of amides is 2. The van der Waals surface area contributed by atoms with Crippen molar-refractivity contribution < 1.29 is 19.5 Å². The van der Waals surface area contributed by atoms with Crippen molar-refractivity contribution in [2.24, 2.45) is 0 Å². The molecule has 0 saturated heterocycles. The van der Waals surface area contributed by atoms with Crippen molar-refractivity contribution in [1.82, 2.24) is 9.97 Å². The number of hydrogen-bond donors (Lipinski definition) is 2. The largest absolute Gasteiger partial charge is 0.503 e. The lowest BCUT2D eigenvalue weighted by molar-refractivity contribution is -0.117. The minimum absolute atomic E-state index is 0.0546. The first-order valence-electron chi connectivity index (χ1n) is 11.5. The van der Waals surface area contributed by atoms with Gasteiger partial charge >= 0.3 is 0 Å². The van der Waals surface area contributed by atoms with Gasteiger partial charge in [-0.05, 0) is 43.3 Å². The van der Waals surface area contributed by atoms with E-state index in [1.807, 2.05) is 30.3 Å². The Morgan fingerprint density at radius 3 is 2.35 bits per heavy atom. The van der Waals surface area contributed by atoms with Crippen LogP contribution in [0.2, 0.25) is 0 Å². The highest BCUT2D eigenvalue weighted by molar-refractivity contribution is 7.17. The van der Waals surface area contributed by atoms with Gasteiger partial charge in [-0.3, -0.25) is 24.3 Å². The third-order valence-corrected chi connectivity index (χ3v) is 7.12. The molecule has 1 aliphatic heterocycles. The highest BCUT2D eigenvalue weighted by Gasteiger charge is 2.46. The van der Waals surface area contributed by atoms with E-state index in [1.54, 1.807) is 55.6 Å². The van der Waals surface area contributed by atoms with Crippen LogP contribution in [0, 0.1) is 6.92 Å². The molecule has 37 heavy (non-hydrogen) atoms. The number of rotatable bonds is 6. The van der Waals surface area contributed by atoms with Crippen molar-refractivity contribution in [3.63, 3.8) is 0 Å². The third kappa shape index (κ3) is 4.52. The molecular formula is C28H22N4O4S. The average molecular weight is 511 g/mol. The van der Waals surface area contributed by atoms with Crippen molar-refractivity contribution >= 4 is 40.3 Å². The van der Waals surface area contributed by atoms with Gasteiger partial charge in [-0.15, -0.1) is 11.3 Å². The van der Waals surface area contributed by atoms with Crippen LogP contribution in [0.3, 0.4) is 0 Å². The van der Waals surface area contributed by atoms with Crippen LogP contribution in [-0.4, -0.2) is 32.7 Å². The predicted molar refractivity (Wildman–Crippen MR) is 141 cm³/mol. The first-order valence-corrected chi connectivity index (χ1v) is 12.3. The number of pyridine rings is 1. The summed E-state index contributed by atoms with van der Waals surface area (Å²) in [4.78, 5) is 49.3. The number of anilines is 2. The summed E-state index contributed by atoms with van der Waals surface area (Å²) < 4.78 is 0. The number of carbonyl (C=O) groups is 3. The summed E-state index contributed by atoms with van der Waals surface area (Å²) >= 11 is 1.22. The molecule has 5 rings (SSSR count). The summed E-state index contributed by atoms with van der Waals surface area (Å²) in [5, 5.41) is 14.4. The van der Waals surface area contributed by atoms with Crippen LogP contribution in [-0.2, 0) is 9.59 Å². The Hall–Kier alpha value is -4.63. The van der Waals surface area contributed by atoms with E-state index in [0.717, 1.165) is 5.56 Å². The number of nitrogens with zero attached hydrogens (tertiary/aromatic N) is 3. The van der Waals surface area contributed by atoms with Crippen molar-refractivity contribution in [3.8, 4) is 10.6 Å². The molecule has 1 atom stereocenters. The Morgan fingerprint density at radius 2 is 1.70 bits per heavy atom. The summed E-state index contributed by atoms with van der Waals surface area (Å²) in [7, 11) is 0. The molecule has 2 N–H and O–H groups in total. The number of aliphatic hydroxyl groups is 1. The van der Waals surface area contributed by atoms with Gasteiger partial charge in [0.15, 0.2) is 5.76 Å². The zero-order valence-electron chi connectivity index (χ0n) is 20.0. The maximum Gasteiger partial charge on any atom is 0.294 e. The molecule has 2 aromatic heterocycles. The molecule has 0 bridgehead atoms. The van der Waals surface area contributed by atoms with Crippen molar-refractivity contribution in [1.29, 1.82) is 0 Å². The van der Waals surface area contributed by atoms with Gasteiger partial charge in [-0.25, -0.2) is 4.98 Å². The average Bonchev–Trinajstić information content (AvgIpc) is 3.42. The second kappa shape index (κ2) is 9.79. The van der Waals surface area contributed by atoms with Gasteiger partial charge < -0.3 is 10.4 Å². The van der Waals surface area contributed by atoms with Crippen LogP contribution in [0.15, 0.2) is 90.3 Å². The molecule has 9 heteroatoms. The summed E-state index contributed by atoms with van der Waals surface area (Å²) in [6, 6.07) is 20.3. The zero-order valence-corrected chi connectivity index (χ0v) is 20.8. The fourth-order valence-corrected chi connectivity index (χ4v) is 5.29. The fourth-order valence-electron chi connectivity index (χ4n) is 4.26. The van der Waals surface area contributed by atoms with E-state index in [1.165, 1.54) is 23.2 Å². The predicted octanol–water partition coefficient (Wildman–Crippen LogP) is 5.25. The molecule has 0 aliphatic carbocycles. The Morgan fingerprint density at radius 1 is 1.00 bits per heavy atom. The molecule has 2 aromatic carbocycles. The van der Waals surface area contributed by atoms with Gasteiger partial charge in [0.1, 0.15) is 11.0 Å². The smallest absolute Gasteiger partial charge is 0.294 e. The second-order valence-corrected chi connectivity index (χ2v) is 9.45. The van der Waals surface area contributed by atoms with Crippen molar-refractivity contribution in [2.45, 2.75) is 19.9 Å². The minimum atomic E-state index is -0.950. The molecule has 1 unspecified atom stereocenters. The number of aliphatic hydroxyl groups excluding tert-OH is 1. The Labute approximate surface area is 216 Å². The fraction of sp³-hybridized carbons (Fsp3) is 0.107. The highest BCUT2D eigenvalue weighted by Crippen LogP contribution is 2.42. The van der Waals surface area contributed by atoms with Gasteiger partial charge in [0.05, 0.1) is 21.8 Å². The van der Waals surface area contributed by atoms with Gasteiger partial charge in [-0.1, -0.05) is 36.4 Å². The summed E-state index contributed by atoms with van der Waals surface area (Å²) in [6.45, 7) is 3.14. The minimum Gasteiger partial charge on any atom is -0.503 e. The van der Waals surface area contributed by atoms with E-state index in [9.17, 15) is 19.5 Å². The lowest BCUT2D eigenvalue weighted by Crippen LogP contribution is -2.31. The lowest BCUT2D eigenvalue weighted by atomic mass is 9.98. The number of carbonyl (C=O) groups excluding carboxylic acids is 3. The number of aromatic nitrogens is 2. The molecule has 0 saturated carbocycles. The molecular weight excluding hydrogens is 488 g/mol. The van der Waals surface area contributed by atoms with Crippen molar-refractivity contribution in [2.75, 3.05) is 10.2 Å². The van der Waals surface area contributed by atoms with E-state index in [2.05, 4.69) is 15.3 Å². The monoisotopic (exact) mass is 510 g/mol. The molecule has 1 aliphatic rings. The third-order valence-electron chi connectivity index (χ3n) is 5.91. The molecule has 3 heterocycles. The topological polar surface area (TPSA) is 112 Å². The van der Waals surface area contributed by atoms with Crippen LogP contribution < -0.4 is 10.2 Å². The van der Waals surface area contributed by atoms with Crippen LogP contribution in [0.4, 0.5) is 11.4 Å². The lowest BCUT2D eigenvalue weighted by Gasteiger charge is -2.26. The van der Waals surface area contributed by atoms with Crippen LogP contribution in [0.25, 0.3) is 10.6 Å². The summed E-state index contributed by atoms with van der Waals surface area (Å²) in [5.74, 6) is -2.04. The van der Waals surface area contributed by atoms with Crippen molar-refractivity contribution in [3.05, 3.63) is 107 Å². The molecule has 0 fully saturated rings. The van der Waals surface area contributed by atoms with Gasteiger partial charge in [0, 0.05) is 30.1 Å². The first-order chi connectivity index (χ1) is 17.8. The molecule has 0 spiro atoms. The number of benzene rings is 2. The highest BCUT2D eigenvalue weighted by atomic mass is 32.1. The Bertz CT molecular complexity index is 1530. The number of Topliss-reactive ketones (excluding diaryl/α,β-unsaturated/α-hetero) is 1. The summed E-state index contributed by atoms with van der Waals surface area (Å²) in [5.41, 5.74) is 2.76. The Balaban J connectivity index is 1.58. The molecule has 8 nitrogen and oxygen atoms in total. The number of aryl methyl sites for hydroxylation is 1. The molecule has 0 radical (unpaired) electrons. The van der Waals surface area contributed by atoms with E-state index in [-0.39, 0.29) is 11.5 Å². The molecule has 2 amide bonds. The van der Waals surface area contributed by atoms with E-state index >= 15 is 0 Å². The SMILES string of the molecule is CC(=O)Nc1ccc(N2C(=O)C(O)=C(C(=O)c3sc(-c4ccccc4)nc3C)C2c2ccccn2)cc1. The van der Waals surface area contributed by atoms with E-state index in [4.69, 9.17) is 0 Å². The van der Waals surface area contributed by atoms with Gasteiger partial charge in [-0.2, -0.15) is 0 Å². The first kappa shape index (κ1) is 24.1. The Kier molecular flexibility index (Phi) is 6.37. The standard InChI is InChI=1S/C28H22N4O4S/c1-16-26(37-27(30-16)18-8-4-3-5-9-18)24(34)22-23(21-10-6-7-15-29-21)32(28(36)25(22)35)20-13-11-19(12-14-20)31-17(2)33/h3-15,23,35H,1-2H3,(H,31,33). The van der Waals surface area contributed by atoms with Gasteiger partial charge in [0.25, 0.3) is 5.91 Å². The van der Waals surface area contributed by atoms with Crippen LogP contribution in [0.5, 0.6) is 0 Å². The zero-order chi connectivity index (χ0) is 26.1. The second-order valence-electron chi connectivity index (χ2n) is 8.45.